The van der Waals surface area contributed by atoms with Crippen molar-refractivity contribution in [3.05, 3.63) is 35.6 Å². The molecule has 2 aliphatic rings. The van der Waals surface area contributed by atoms with Crippen molar-refractivity contribution in [2.75, 3.05) is 19.7 Å². The van der Waals surface area contributed by atoms with Crippen molar-refractivity contribution in [1.82, 2.24) is 4.90 Å². The summed E-state index contributed by atoms with van der Waals surface area (Å²) in [5.74, 6) is -0.203. The van der Waals surface area contributed by atoms with Crippen molar-refractivity contribution >= 4 is 0 Å². The molecule has 0 spiro atoms. The molecule has 104 valence electrons. The Balaban J connectivity index is 1.58. The number of nitrogens with zero attached hydrogens (tertiary/aromatic N) is 1. The molecule has 2 saturated heterocycles. The number of fused-ring (bicyclic) bond motifs is 1. The number of hydrogen-bond acceptors (Lipinski definition) is 3. The van der Waals surface area contributed by atoms with Crippen LogP contribution in [0.4, 0.5) is 4.39 Å². The Morgan fingerprint density at radius 1 is 1.37 bits per heavy atom. The van der Waals surface area contributed by atoms with E-state index in [1.165, 1.54) is 31.5 Å². The highest BCUT2D eigenvalue weighted by Gasteiger charge is 2.34. The molecule has 0 amide bonds. The summed E-state index contributed by atoms with van der Waals surface area (Å²) in [6, 6.07) is 7.16. The van der Waals surface area contributed by atoms with Gasteiger partial charge in [0.1, 0.15) is 5.82 Å². The van der Waals surface area contributed by atoms with Crippen LogP contribution in [0.25, 0.3) is 0 Å². The Morgan fingerprint density at radius 2 is 2.16 bits per heavy atom. The second-order valence-electron chi connectivity index (χ2n) is 5.66. The van der Waals surface area contributed by atoms with E-state index in [4.69, 9.17) is 10.5 Å². The molecular formula is C15H21FN2O. The average Bonchev–Trinajstić information content (AvgIpc) is 2.88. The Labute approximate surface area is 113 Å². The van der Waals surface area contributed by atoms with Gasteiger partial charge in [-0.1, -0.05) is 12.1 Å². The Hall–Kier alpha value is -0.970. The van der Waals surface area contributed by atoms with Gasteiger partial charge >= 0.3 is 0 Å². The first-order valence-electron chi connectivity index (χ1n) is 7.08. The number of rotatable bonds is 3. The van der Waals surface area contributed by atoms with Gasteiger partial charge in [-0.15, -0.1) is 0 Å². The van der Waals surface area contributed by atoms with Crippen LogP contribution in [-0.4, -0.2) is 42.8 Å². The predicted octanol–water partition coefficient (Wildman–Crippen LogP) is 1.56. The van der Waals surface area contributed by atoms with Gasteiger partial charge in [-0.25, -0.2) is 4.39 Å². The average molecular weight is 264 g/mol. The second kappa shape index (κ2) is 5.57. The first-order valence-corrected chi connectivity index (χ1v) is 7.08. The third-order valence-electron chi connectivity index (χ3n) is 4.28. The molecule has 0 bridgehead atoms. The molecule has 0 saturated carbocycles. The second-order valence-corrected chi connectivity index (χ2v) is 5.66. The SMILES string of the molecule is NC(Cc1ccc(F)cc1)C1CN2CCCC2CO1. The molecule has 3 atom stereocenters. The van der Waals surface area contributed by atoms with Gasteiger partial charge in [0.2, 0.25) is 0 Å². The van der Waals surface area contributed by atoms with E-state index < -0.39 is 0 Å². The third-order valence-corrected chi connectivity index (χ3v) is 4.28. The van der Waals surface area contributed by atoms with Crippen LogP contribution in [-0.2, 0) is 11.2 Å². The fourth-order valence-electron chi connectivity index (χ4n) is 3.13. The Bertz CT molecular complexity index is 423. The number of morpholine rings is 1. The van der Waals surface area contributed by atoms with E-state index in [0.29, 0.717) is 6.04 Å². The normalized spacial score (nSPS) is 29.2. The van der Waals surface area contributed by atoms with Gasteiger partial charge in [0, 0.05) is 18.6 Å². The molecule has 2 aliphatic heterocycles. The molecule has 3 unspecified atom stereocenters. The standard InChI is InChI=1S/C15H21FN2O/c16-12-5-3-11(4-6-12)8-14(17)15-9-18-7-1-2-13(18)10-19-15/h3-6,13-15H,1-2,7-10,17H2. The van der Waals surface area contributed by atoms with E-state index in [2.05, 4.69) is 4.90 Å². The Morgan fingerprint density at radius 3 is 2.95 bits per heavy atom. The van der Waals surface area contributed by atoms with Gasteiger partial charge in [-0.3, -0.25) is 4.90 Å². The van der Waals surface area contributed by atoms with E-state index in [0.717, 1.165) is 25.1 Å². The summed E-state index contributed by atoms with van der Waals surface area (Å²) in [6.07, 6.45) is 3.36. The van der Waals surface area contributed by atoms with Gasteiger partial charge < -0.3 is 10.5 Å². The fraction of sp³-hybridized carbons (Fsp3) is 0.600. The highest BCUT2D eigenvalue weighted by atomic mass is 19.1. The molecular weight excluding hydrogens is 243 g/mol. The Kier molecular flexibility index (Phi) is 3.82. The van der Waals surface area contributed by atoms with Crippen LogP contribution in [0, 0.1) is 5.82 Å². The molecule has 3 nitrogen and oxygen atoms in total. The summed E-state index contributed by atoms with van der Waals surface area (Å²) in [6.45, 7) is 2.92. The van der Waals surface area contributed by atoms with Crippen LogP contribution in [0.15, 0.2) is 24.3 Å². The highest BCUT2D eigenvalue weighted by Crippen LogP contribution is 2.24. The van der Waals surface area contributed by atoms with E-state index in [1.54, 1.807) is 12.1 Å². The number of nitrogens with two attached hydrogens (primary N) is 1. The van der Waals surface area contributed by atoms with Gasteiger partial charge in [-0.05, 0) is 43.5 Å². The van der Waals surface area contributed by atoms with Crippen LogP contribution >= 0.6 is 0 Å². The molecule has 3 rings (SSSR count). The van der Waals surface area contributed by atoms with E-state index in [9.17, 15) is 4.39 Å². The zero-order valence-corrected chi connectivity index (χ0v) is 11.1. The largest absolute Gasteiger partial charge is 0.374 e. The summed E-state index contributed by atoms with van der Waals surface area (Å²) in [5.41, 5.74) is 7.33. The maximum atomic E-state index is 12.9. The maximum Gasteiger partial charge on any atom is 0.123 e. The van der Waals surface area contributed by atoms with Crippen molar-refractivity contribution in [2.24, 2.45) is 5.73 Å². The van der Waals surface area contributed by atoms with Crippen molar-refractivity contribution < 1.29 is 9.13 Å². The number of hydrogen-bond donors (Lipinski definition) is 1. The fourth-order valence-corrected chi connectivity index (χ4v) is 3.13. The lowest BCUT2D eigenvalue weighted by atomic mass is 10.0. The highest BCUT2D eigenvalue weighted by molar-refractivity contribution is 5.17. The van der Waals surface area contributed by atoms with Crippen molar-refractivity contribution in [2.45, 2.75) is 37.5 Å². The molecule has 2 N–H and O–H groups in total. The predicted molar refractivity (Wildman–Crippen MR) is 72.4 cm³/mol. The van der Waals surface area contributed by atoms with Crippen LogP contribution in [0.2, 0.25) is 0 Å². The summed E-state index contributed by atoms with van der Waals surface area (Å²) in [5, 5.41) is 0. The van der Waals surface area contributed by atoms with Gasteiger partial charge in [-0.2, -0.15) is 0 Å². The van der Waals surface area contributed by atoms with Crippen LogP contribution < -0.4 is 5.73 Å². The smallest absolute Gasteiger partial charge is 0.123 e. The molecule has 1 aromatic rings. The van der Waals surface area contributed by atoms with Crippen molar-refractivity contribution in [1.29, 1.82) is 0 Å². The maximum absolute atomic E-state index is 12.9. The van der Waals surface area contributed by atoms with Gasteiger partial charge in [0.25, 0.3) is 0 Å². The van der Waals surface area contributed by atoms with Crippen LogP contribution in [0.5, 0.6) is 0 Å². The van der Waals surface area contributed by atoms with Gasteiger partial charge in [0.05, 0.1) is 12.7 Å². The number of ether oxygens (including phenoxy) is 1. The third kappa shape index (κ3) is 2.96. The molecule has 2 fully saturated rings. The molecule has 1 aromatic carbocycles. The minimum absolute atomic E-state index is 0.0213. The molecule has 0 radical (unpaired) electrons. The van der Waals surface area contributed by atoms with Crippen LogP contribution in [0.1, 0.15) is 18.4 Å². The lowest BCUT2D eigenvalue weighted by molar-refractivity contribution is -0.0589. The summed E-state index contributed by atoms with van der Waals surface area (Å²) < 4.78 is 18.8. The lowest BCUT2D eigenvalue weighted by Gasteiger charge is -2.37. The summed E-state index contributed by atoms with van der Waals surface area (Å²) in [7, 11) is 0. The summed E-state index contributed by atoms with van der Waals surface area (Å²) in [4.78, 5) is 2.50. The van der Waals surface area contributed by atoms with E-state index in [-0.39, 0.29) is 18.0 Å². The van der Waals surface area contributed by atoms with E-state index in [1.807, 2.05) is 0 Å². The van der Waals surface area contributed by atoms with Crippen molar-refractivity contribution in [3.8, 4) is 0 Å². The molecule has 19 heavy (non-hydrogen) atoms. The topological polar surface area (TPSA) is 38.5 Å². The monoisotopic (exact) mass is 264 g/mol. The number of benzene rings is 1. The lowest BCUT2D eigenvalue weighted by Crippen LogP contribution is -2.53. The summed E-state index contributed by atoms with van der Waals surface area (Å²) >= 11 is 0. The number of halogens is 1. The molecule has 0 aliphatic carbocycles. The van der Waals surface area contributed by atoms with E-state index >= 15 is 0 Å². The van der Waals surface area contributed by atoms with Gasteiger partial charge in [0.15, 0.2) is 0 Å². The first-order chi connectivity index (χ1) is 9.22. The van der Waals surface area contributed by atoms with Crippen molar-refractivity contribution in [3.63, 3.8) is 0 Å². The zero-order chi connectivity index (χ0) is 13.2. The van der Waals surface area contributed by atoms with Crippen LogP contribution in [0.3, 0.4) is 0 Å². The quantitative estimate of drug-likeness (QED) is 0.900. The molecule has 2 heterocycles. The molecule has 0 aromatic heterocycles. The molecule has 4 heteroatoms. The minimum atomic E-state index is -0.203. The first kappa shape index (κ1) is 13.0. The zero-order valence-electron chi connectivity index (χ0n) is 11.1. The minimum Gasteiger partial charge on any atom is -0.374 e.